The second kappa shape index (κ2) is 5.70. The van der Waals surface area contributed by atoms with Crippen LogP contribution in [0.15, 0.2) is 48.7 Å². The summed E-state index contributed by atoms with van der Waals surface area (Å²) in [6.45, 7) is 3.98. The highest BCUT2D eigenvalue weighted by Crippen LogP contribution is 2.20. The minimum absolute atomic E-state index is 0.920. The van der Waals surface area contributed by atoms with E-state index in [0.29, 0.717) is 0 Å². The summed E-state index contributed by atoms with van der Waals surface area (Å²) in [6, 6.07) is 15.1. The second-order valence-electron chi connectivity index (χ2n) is 5.69. The van der Waals surface area contributed by atoms with Crippen LogP contribution >= 0.6 is 0 Å². The van der Waals surface area contributed by atoms with Crippen molar-refractivity contribution < 1.29 is 0 Å². The van der Waals surface area contributed by atoms with E-state index >= 15 is 0 Å². The molecule has 0 saturated carbocycles. The van der Waals surface area contributed by atoms with Gasteiger partial charge in [0, 0.05) is 31.4 Å². The van der Waals surface area contributed by atoms with Gasteiger partial charge in [-0.15, -0.1) is 0 Å². The largest absolute Gasteiger partial charge is 0.298 e. The lowest BCUT2D eigenvalue weighted by Crippen LogP contribution is -2.17. The van der Waals surface area contributed by atoms with Gasteiger partial charge in [0.2, 0.25) is 0 Å². The number of hydrogen-bond donors (Lipinski definition) is 0. The van der Waals surface area contributed by atoms with Gasteiger partial charge in [0.25, 0.3) is 0 Å². The third kappa shape index (κ3) is 2.83. The van der Waals surface area contributed by atoms with E-state index < -0.39 is 0 Å². The normalized spacial score (nSPS) is 11.4. The summed E-state index contributed by atoms with van der Waals surface area (Å²) in [7, 11) is 4.15. The van der Waals surface area contributed by atoms with Gasteiger partial charge >= 0.3 is 0 Å². The van der Waals surface area contributed by atoms with Gasteiger partial charge in [-0.2, -0.15) is 5.10 Å². The minimum atomic E-state index is 0.920. The third-order valence-corrected chi connectivity index (χ3v) is 4.10. The molecule has 3 heteroatoms. The highest BCUT2D eigenvalue weighted by Gasteiger charge is 2.09. The Bertz CT molecular complexity index is 753. The van der Waals surface area contributed by atoms with E-state index in [1.807, 2.05) is 17.9 Å². The van der Waals surface area contributed by atoms with Crippen molar-refractivity contribution in [2.75, 3.05) is 7.05 Å². The van der Waals surface area contributed by atoms with Crippen molar-refractivity contribution in [3.8, 4) is 0 Å². The summed E-state index contributed by atoms with van der Waals surface area (Å²) >= 11 is 0. The first kappa shape index (κ1) is 13.8. The van der Waals surface area contributed by atoms with Gasteiger partial charge in [0.1, 0.15) is 0 Å². The summed E-state index contributed by atoms with van der Waals surface area (Å²) in [5.41, 5.74) is 3.90. The van der Waals surface area contributed by atoms with Crippen molar-refractivity contribution in [1.29, 1.82) is 0 Å². The molecule has 0 aliphatic rings. The van der Waals surface area contributed by atoms with Gasteiger partial charge in [-0.3, -0.25) is 9.58 Å². The van der Waals surface area contributed by atoms with Crippen LogP contribution < -0.4 is 0 Å². The van der Waals surface area contributed by atoms with Gasteiger partial charge in [0.15, 0.2) is 0 Å². The van der Waals surface area contributed by atoms with E-state index in [9.17, 15) is 0 Å². The molecule has 3 nitrogen and oxygen atoms in total. The molecule has 0 spiro atoms. The fourth-order valence-electron chi connectivity index (χ4n) is 2.77. The Kier molecular flexibility index (Phi) is 3.76. The van der Waals surface area contributed by atoms with E-state index in [4.69, 9.17) is 0 Å². The van der Waals surface area contributed by atoms with Gasteiger partial charge in [-0.25, -0.2) is 0 Å². The molecule has 0 bridgehead atoms. The van der Waals surface area contributed by atoms with E-state index in [0.717, 1.165) is 13.1 Å². The molecule has 1 aromatic heterocycles. The first-order valence-corrected chi connectivity index (χ1v) is 7.28. The predicted molar refractivity (Wildman–Crippen MR) is 87.1 cm³/mol. The van der Waals surface area contributed by atoms with Crippen LogP contribution in [-0.4, -0.2) is 21.7 Å². The van der Waals surface area contributed by atoms with Crippen molar-refractivity contribution in [3.05, 3.63) is 65.5 Å². The SMILES string of the molecule is Cc1c(CN(C)Cc2cccc3ccccc23)cnn1C. The highest BCUT2D eigenvalue weighted by atomic mass is 15.3. The quantitative estimate of drug-likeness (QED) is 0.728. The molecule has 0 aliphatic carbocycles. The van der Waals surface area contributed by atoms with E-state index in [1.165, 1.54) is 27.6 Å². The lowest BCUT2D eigenvalue weighted by molar-refractivity contribution is 0.319. The number of aryl methyl sites for hydroxylation is 1. The molecular weight excluding hydrogens is 258 g/mol. The Hall–Kier alpha value is -2.13. The van der Waals surface area contributed by atoms with E-state index in [-0.39, 0.29) is 0 Å². The van der Waals surface area contributed by atoms with Crippen LogP contribution in [0.5, 0.6) is 0 Å². The van der Waals surface area contributed by atoms with E-state index in [1.54, 1.807) is 0 Å². The standard InChI is InChI=1S/C18H21N3/c1-14-17(11-19-21(14)3)13-20(2)12-16-9-6-8-15-7-4-5-10-18(15)16/h4-11H,12-13H2,1-3H3. The Balaban J connectivity index is 1.80. The van der Waals surface area contributed by atoms with Crippen molar-refractivity contribution >= 4 is 10.8 Å². The number of benzene rings is 2. The van der Waals surface area contributed by atoms with Gasteiger partial charge in [-0.05, 0) is 30.3 Å². The molecule has 1 heterocycles. The van der Waals surface area contributed by atoms with Crippen molar-refractivity contribution in [1.82, 2.24) is 14.7 Å². The van der Waals surface area contributed by atoms with Crippen molar-refractivity contribution in [3.63, 3.8) is 0 Å². The molecule has 0 N–H and O–H groups in total. The van der Waals surface area contributed by atoms with Crippen LogP contribution in [0.3, 0.4) is 0 Å². The van der Waals surface area contributed by atoms with Gasteiger partial charge in [-0.1, -0.05) is 42.5 Å². The van der Waals surface area contributed by atoms with Crippen LogP contribution in [0.1, 0.15) is 16.8 Å². The van der Waals surface area contributed by atoms with Crippen LogP contribution in [0.25, 0.3) is 10.8 Å². The molecule has 0 amide bonds. The zero-order valence-corrected chi connectivity index (χ0v) is 12.9. The first-order valence-electron chi connectivity index (χ1n) is 7.28. The van der Waals surface area contributed by atoms with Gasteiger partial charge < -0.3 is 0 Å². The number of fused-ring (bicyclic) bond motifs is 1. The third-order valence-electron chi connectivity index (χ3n) is 4.10. The molecule has 0 aliphatic heterocycles. The maximum absolute atomic E-state index is 4.32. The van der Waals surface area contributed by atoms with Crippen LogP contribution in [0, 0.1) is 6.92 Å². The molecule has 0 radical (unpaired) electrons. The Labute approximate surface area is 125 Å². The molecule has 21 heavy (non-hydrogen) atoms. The molecule has 2 aromatic carbocycles. The monoisotopic (exact) mass is 279 g/mol. The van der Waals surface area contributed by atoms with Crippen molar-refractivity contribution in [2.45, 2.75) is 20.0 Å². The average molecular weight is 279 g/mol. The Morgan fingerprint density at radius 1 is 1.00 bits per heavy atom. The minimum Gasteiger partial charge on any atom is -0.298 e. The second-order valence-corrected chi connectivity index (χ2v) is 5.69. The van der Waals surface area contributed by atoms with Gasteiger partial charge in [0.05, 0.1) is 6.20 Å². The summed E-state index contributed by atoms with van der Waals surface area (Å²) in [4.78, 5) is 2.34. The molecular formula is C18H21N3. The van der Waals surface area contributed by atoms with E-state index in [2.05, 4.69) is 66.4 Å². The molecule has 108 valence electrons. The lowest BCUT2D eigenvalue weighted by Gasteiger charge is -2.18. The molecule has 0 unspecified atom stereocenters. The summed E-state index contributed by atoms with van der Waals surface area (Å²) in [6.07, 6.45) is 1.97. The maximum Gasteiger partial charge on any atom is 0.0537 e. The maximum atomic E-state index is 4.32. The summed E-state index contributed by atoms with van der Waals surface area (Å²) in [5, 5.41) is 6.96. The van der Waals surface area contributed by atoms with Crippen molar-refractivity contribution in [2.24, 2.45) is 7.05 Å². The first-order chi connectivity index (χ1) is 10.1. The number of rotatable bonds is 4. The number of hydrogen-bond acceptors (Lipinski definition) is 2. The topological polar surface area (TPSA) is 21.1 Å². The fourth-order valence-corrected chi connectivity index (χ4v) is 2.77. The molecule has 3 aromatic rings. The zero-order chi connectivity index (χ0) is 14.8. The fraction of sp³-hybridized carbons (Fsp3) is 0.278. The lowest BCUT2D eigenvalue weighted by atomic mass is 10.0. The Morgan fingerprint density at radius 2 is 1.71 bits per heavy atom. The molecule has 3 rings (SSSR count). The predicted octanol–water partition coefficient (Wildman–Crippen LogP) is 3.51. The van der Waals surface area contributed by atoms with Crippen LogP contribution in [0.4, 0.5) is 0 Å². The smallest absolute Gasteiger partial charge is 0.0537 e. The number of aromatic nitrogens is 2. The molecule has 0 atom stereocenters. The Morgan fingerprint density at radius 3 is 2.48 bits per heavy atom. The highest BCUT2D eigenvalue weighted by molar-refractivity contribution is 5.85. The average Bonchev–Trinajstić information content (AvgIpc) is 2.80. The number of nitrogens with zero attached hydrogens (tertiary/aromatic N) is 3. The zero-order valence-electron chi connectivity index (χ0n) is 12.9. The molecule has 0 saturated heterocycles. The van der Waals surface area contributed by atoms with Crippen LogP contribution in [-0.2, 0) is 20.1 Å². The summed E-state index contributed by atoms with van der Waals surface area (Å²) < 4.78 is 1.93. The molecule has 0 fully saturated rings. The van der Waals surface area contributed by atoms with Crippen LogP contribution in [0.2, 0.25) is 0 Å². The summed E-state index contributed by atoms with van der Waals surface area (Å²) in [5.74, 6) is 0.